The van der Waals surface area contributed by atoms with Crippen LogP contribution < -0.4 is 0 Å². The van der Waals surface area contributed by atoms with Crippen LogP contribution in [-0.2, 0) is 0 Å². The van der Waals surface area contributed by atoms with E-state index in [9.17, 15) is 0 Å². The minimum Gasteiger partial charge on any atom is -0.103 e. The molecule has 2 rings (SSSR count). The lowest BCUT2D eigenvalue weighted by Gasteiger charge is -2.43. The predicted molar refractivity (Wildman–Crippen MR) is 71.3 cm³/mol. The molecule has 0 N–H and O–H groups in total. The van der Waals surface area contributed by atoms with E-state index in [0.717, 1.165) is 23.7 Å². The molecule has 3 unspecified atom stereocenters. The monoisotopic (exact) mass is 220 g/mol. The van der Waals surface area contributed by atoms with Crippen LogP contribution in [0, 0.1) is 29.1 Å². The Hall–Kier alpha value is -0.260. The highest BCUT2D eigenvalue weighted by atomic mass is 14.5. The molecule has 3 atom stereocenters. The van der Waals surface area contributed by atoms with Gasteiger partial charge in [0.15, 0.2) is 0 Å². The second kappa shape index (κ2) is 4.55. The number of allylic oxidation sites excluding steroid dienone is 1. The Kier molecular flexibility index (Phi) is 3.47. The number of rotatable bonds is 5. The molecule has 0 saturated heterocycles. The quantitative estimate of drug-likeness (QED) is 0.569. The molecule has 0 heteroatoms. The Bertz CT molecular complexity index is 239. The summed E-state index contributed by atoms with van der Waals surface area (Å²) in [5.74, 6) is 3.60. The molecule has 0 bridgehead atoms. The van der Waals surface area contributed by atoms with Crippen LogP contribution in [0.1, 0.15) is 59.3 Å². The average Bonchev–Trinajstić information content (AvgIpc) is 3.05. The number of hydrogen-bond acceptors (Lipinski definition) is 0. The Morgan fingerprint density at radius 1 is 1.19 bits per heavy atom. The SMILES string of the molecule is C=CC(CC1CC1)C1(CC)C(C)CCC1C. The van der Waals surface area contributed by atoms with E-state index in [-0.39, 0.29) is 0 Å². The molecule has 0 spiro atoms. The van der Waals surface area contributed by atoms with E-state index in [1.54, 1.807) is 0 Å². The van der Waals surface area contributed by atoms with Gasteiger partial charge in [-0.2, -0.15) is 0 Å². The van der Waals surface area contributed by atoms with Crippen molar-refractivity contribution in [3.05, 3.63) is 12.7 Å². The maximum Gasteiger partial charge on any atom is -0.0172 e. The van der Waals surface area contributed by atoms with Crippen molar-refractivity contribution < 1.29 is 0 Å². The van der Waals surface area contributed by atoms with E-state index in [0.29, 0.717) is 5.41 Å². The lowest BCUT2D eigenvalue weighted by Crippen LogP contribution is -2.36. The molecule has 0 amide bonds. The fourth-order valence-electron chi connectivity index (χ4n) is 4.46. The second-order valence-electron chi connectivity index (χ2n) is 6.37. The fraction of sp³-hybridized carbons (Fsp3) is 0.875. The maximum atomic E-state index is 4.15. The highest BCUT2D eigenvalue weighted by Gasteiger charge is 2.49. The summed E-state index contributed by atoms with van der Waals surface area (Å²) in [6.45, 7) is 11.5. The lowest BCUT2D eigenvalue weighted by atomic mass is 9.61. The summed E-state index contributed by atoms with van der Waals surface area (Å²) < 4.78 is 0. The first-order chi connectivity index (χ1) is 7.65. The summed E-state index contributed by atoms with van der Waals surface area (Å²) in [5, 5.41) is 0. The first-order valence-corrected chi connectivity index (χ1v) is 7.27. The molecular formula is C16H28. The normalized spacial score (nSPS) is 40.9. The van der Waals surface area contributed by atoms with Crippen molar-refractivity contribution in [3.63, 3.8) is 0 Å². The zero-order chi connectivity index (χ0) is 11.8. The van der Waals surface area contributed by atoms with Crippen LogP contribution in [0.3, 0.4) is 0 Å². The molecule has 0 heterocycles. The molecule has 0 aromatic carbocycles. The van der Waals surface area contributed by atoms with E-state index in [1.165, 1.54) is 38.5 Å². The predicted octanol–water partition coefficient (Wildman–Crippen LogP) is 5.05. The average molecular weight is 220 g/mol. The van der Waals surface area contributed by atoms with E-state index in [1.807, 2.05) is 0 Å². The van der Waals surface area contributed by atoms with E-state index in [4.69, 9.17) is 0 Å². The highest BCUT2D eigenvalue weighted by molar-refractivity contribution is 5.04. The van der Waals surface area contributed by atoms with Gasteiger partial charge < -0.3 is 0 Å². The molecule has 0 aromatic rings. The van der Waals surface area contributed by atoms with Crippen molar-refractivity contribution in [1.29, 1.82) is 0 Å². The van der Waals surface area contributed by atoms with Crippen LogP contribution in [-0.4, -0.2) is 0 Å². The van der Waals surface area contributed by atoms with Gasteiger partial charge in [-0.15, -0.1) is 6.58 Å². The summed E-state index contributed by atoms with van der Waals surface area (Å²) in [6, 6.07) is 0. The maximum absolute atomic E-state index is 4.15. The molecule has 0 nitrogen and oxygen atoms in total. The van der Waals surface area contributed by atoms with Crippen LogP contribution in [0.25, 0.3) is 0 Å². The second-order valence-corrected chi connectivity index (χ2v) is 6.37. The van der Waals surface area contributed by atoms with Crippen molar-refractivity contribution >= 4 is 0 Å². The van der Waals surface area contributed by atoms with Crippen LogP contribution in [0.15, 0.2) is 12.7 Å². The molecule has 92 valence electrons. The largest absolute Gasteiger partial charge is 0.103 e. The van der Waals surface area contributed by atoms with Crippen molar-refractivity contribution in [2.75, 3.05) is 0 Å². The molecule has 2 aliphatic rings. The van der Waals surface area contributed by atoms with Gasteiger partial charge >= 0.3 is 0 Å². The van der Waals surface area contributed by atoms with Crippen LogP contribution in [0.5, 0.6) is 0 Å². The Labute approximate surface area is 102 Å². The standard InChI is InChI=1S/C16H28/c1-5-15(11-14-9-10-14)16(6-2)12(3)7-8-13(16)4/h5,12-15H,1,6-11H2,2-4H3. The van der Waals surface area contributed by atoms with Gasteiger partial charge in [-0.05, 0) is 54.8 Å². The first kappa shape index (κ1) is 12.2. The number of hydrogen-bond donors (Lipinski definition) is 0. The van der Waals surface area contributed by atoms with E-state index in [2.05, 4.69) is 33.4 Å². The first-order valence-electron chi connectivity index (χ1n) is 7.27. The Morgan fingerprint density at radius 2 is 1.75 bits per heavy atom. The molecule has 16 heavy (non-hydrogen) atoms. The van der Waals surface area contributed by atoms with Gasteiger partial charge in [-0.3, -0.25) is 0 Å². The molecule has 0 aromatic heterocycles. The van der Waals surface area contributed by atoms with Crippen LogP contribution in [0.2, 0.25) is 0 Å². The summed E-state index contributed by atoms with van der Waals surface area (Å²) in [6.07, 6.45) is 10.9. The highest BCUT2D eigenvalue weighted by Crippen LogP contribution is 2.57. The Balaban J connectivity index is 2.18. The third-order valence-electron chi connectivity index (χ3n) is 5.74. The molecule has 2 fully saturated rings. The molecule has 2 saturated carbocycles. The van der Waals surface area contributed by atoms with E-state index < -0.39 is 0 Å². The lowest BCUT2D eigenvalue weighted by molar-refractivity contribution is 0.0744. The summed E-state index contributed by atoms with van der Waals surface area (Å²) >= 11 is 0. The van der Waals surface area contributed by atoms with Crippen molar-refractivity contribution in [3.8, 4) is 0 Å². The van der Waals surface area contributed by atoms with E-state index >= 15 is 0 Å². The molecular weight excluding hydrogens is 192 g/mol. The van der Waals surface area contributed by atoms with Gasteiger partial charge in [-0.1, -0.05) is 39.7 Å². The minimum atomic E-state index is 0.574. The minimum absolute atomic E-state index is 0.574. The van der Waals surface area contributed by atoms with Gasteiger partial charge in [0.05, 0.1) is 0 Å². The van der Waals surface area contributed by atoms with Gasteiger partial charge in [0.1, 0.15) is 0 Å². The molecule has 2 aliphatic carbocycles. The molecule has 0 aliphatic heterocycles. The van der Waals surface area contributed by atoms with Crippen molar-refractivity contribution in [1.82, 2.24) is 0 Å². The fourth-order valence-corrected chi connectivity index (χ4v) is 4.46. The smallest absolute Gasteiger partial charge is 0.0172 e. The van der Waals surface area contributed by atoms with Gasteiger partial charge in [-0.25, -0.2) is 0 Å². The Morgan fingerprint density at radius 3 is 2.12 bits per heavy atom. The zero-order valence-electron chi connectivity index (χ0n) is 11.3. The van der Waals surface area contributed by atoms with Crippen LogP contribution in [0.4, 0.5) is 0 Å². The topological polar surface area (TPSA) is 0 Å². The van der Waals surface area contributed by atoms with Crippen molar-refractivity contribution in [2.45, 2.75) is 59.3 Å². The third kappa shape index (κ3) is 1.85. The third-order valence-corrected chi connectivity index (χ3v) is 5.74. The van der Waals surface area contributed by atoms with Gasteiger partial charge in [0, 0.05) is 0 Å². The summed E-state index contributed by atoms with van der Waals surface area (Å²) in [5.41, 5.74) is 0.574. The molecule has 0 radical (unpaired) electrons. The van der Waals surface area contributed by atoms with Crippen LogP contribution >= 0.6 is 0 Å². The van der Waals surface area contributed by atoms with Gasteiger partial charge in [0.25, 0.3) is 0 Å². The van der Waals surface area contributed by atoms with Crippen molar-refractivity contribution in [2.24, 2.45) is 29.1 Å². The summed E-state index contributed by atoms with van der Waals surface area (Å²) in [4.78, 5) is 0. The zero-order valence-corrected chi connectivity index (χ0v) is 11.3. The van der Waals surface area contributed by atoms with Gasteiger partial charge in [0.2, 0.25) is 0 Å². The summed E-state index contributed by atoms with van der Waals surface area (Å²) in [7, 11) is 0.